The predicted octanol–water partition coefficient (Wildman–Crippen LogP) is 3.99. The maximum atomic E-state index is 6.32. The van der Waals surface area contributed by atoms with Crippen LogP contribution in [0.4, 0.5) is 0 Å². The van der Waals surface area contributed by atoms with Crippen LogP contribution in [0.3, 0.4) is 0 Å². The summed E-state index contributed by atoms with van der Waals surface area (Å²) in [5, 5.41) is 4.48. The molecular formula is C16H24ClNO. The monoisotopic (exact) mass is 281 g/mol. The second-order valence-corrected chi connectivity index (χ2v) is 6.02. The molecule has 1 atom stereocenters. The zero-order valence-electron chi connectivity index (χ0n) is 11.9. The number of nitrogens with one attached hydrogen (secondary N) is 1. The highest BCUT2D eigenvalue weighted by Gasteiger charge is 2.23. The normalized spacial score (nSPS) is 16.8. The molecule has 1 N–H and O–H groups in total. The SMILES string of the molecule is CC(C)OCCC(CNC1CC1)c1ccccc1Cl. The minimum Gasteiger partial charge on any atom is -0.379 e. The van der Waals surface area contributed by atoms with Gasteiger partial charge in [0.05, 0.1) is 6.10 Å². The lowest BCUT2D eigenvalue weighted by molar-refractivity contribution is 0.0732. The lowest BCUT2D eigenvalue weighted by Crippen LogP contribution is -2.25. The molecule has 1 aromatic rings. The van der Waals surface area contributed by atoms with Crippen LogP contribution in [0.1, 0.15) is 44.6 Å². The van der Waals surface area contributed by atoms with Crippen LogP contribution in [-0.4, -0.2) is 25.3 Å². The zero-order chi connectivity index (χ0) is 13.7. The Bertz CT molecular complexity index is 390. The van der Waals surface area contributed by atoms with Crippen LogP contribution in [0.25, 0.3) is 0 Å². The van der Waals surface area contributed by atoms with Gasteiger partial charge in [-0.15, -0.1) is 0 Å². The molecule has 0 amide bonds. The van der Waals surface area contributed by atoms with E-state index in [9.17, 15) is 0 Å². The number of ether oxygens (including phenoxy) is 1. The molecule has 0 spiro atoms. The molecule has 0 aromatic heterocycles. The molecule has 1 aromatic carbocycles. The summed E-state index contributed by atoms with van der Waals surface area (Å²) in [6.45, 7) is 5.94. The maximum absolute atomic E-state index is 6.32. The van der Waals surface area contributed by atoms with Gasteiger partial charge >= 0.3 is 0 Å². The Kier molecular flexibility index (Phi) is 5.68. The van der Waals surface area contributed by atoms with Crippen molar-refractivity contribution in [2.75, 3.05) is 13.2 Å². The summed E-state index contributed by atoms with van der Waals surface area (Å²) in [5.41, 5.74) is 1.24. The molecular weight excluding hydrogens is 258 g/mol. The van der Waals surface area contributed by atoms with Crippen LogP contribution in [-0.2, 0) is 4.74 Å². The smallest absolute Gasteiger partial charge is 0.0518 e. The molecule has 0 bridgehead atoms. The standard InChI is InChI=1S/C16H24ClNO/c1-12(2)19-10-9-13(11-18-14-7-8-14)15-5-3-4-6-16(15)17/h3-6,12-14,18H,7-11H2,1-2H3. The first-order valence-corrected chi connectivity index (χ1v) is 7.64. The maximum Gasteiger partial charge on any atom is 0.0518 e. The fraction of sp³-hybridized carbons (Fsp3) is 0.625. The Morgan fingerprint density at radius 2 is 2.05 bits per heavy atom. The first-order chi connectivity index (χ1) is 9.16. The number of benzene rings is 1. The van der Waals surface area contributed by atoms with Gasteiger partial charge in [0.2, 0.25) is 0 Å². The van der Waals surface area contributed by atoms with E-state index in [1.54, 1.807) is 0 Å². The van der Waals surface area contributed by atoms with Crippen LogP contribution in [0.5, 0.6) is 0 Å². The van der Waals surface area contributed by atoms with Crippen LogP contribution >= 0.6 is 11.6 Å². The van der Waals surface area contributed by atoms with Crippen molar-refractivity contribution in [1.82, 2.24) is 5.32 Å². The van der Waals surface area contributed by atoms with Crippen LogP contribution < -0.4 is 5.32 Å². The van der Waals surface area contributed by atoms with Crippen molar-refractivity contribution in [3.63, 3.8) is 0 Å². The van der Waals surface area contributed by atoms with Crippen molar-refractivity contribution in [3.8, 4) is 0 Å². The van der Waals surface area contributed by atoms with E-state index < -0.39 is 0 Å². The van der Waals surface area contributed by atoms with E-state index in [2.05, 4.69) is 31.3 Å². The molecule has 19 heavy (non-hydrogen) atoms. The Balaban J connectivity index is 1.93. The highest BCUT2D eigenvalue weighted by molar-refractivity contribution is 6.31. The molecule has 2 rings (SSSR count). The van der Waals surface area contributed by atoms with E-state index in [0.29, 0.717) is 12.0 Å². The Hall–Kier alpha value is -0.570. The van der Waals surface area contributed by atoms with E-state index in [4.69, 9.17) is 16.3 Å². The van der Waals surface area contributed by atoms with Gasteiger partial charge in [0, 0.05) is 30.1 Å². The number of halogens is 1. The van der Waals surface area contributed by atoms with Crippen molar-refractivity contribution >= 4 is 11.6 Å². The summed E-state index contributed by atoms with van der Waals surface area (Å²) in [6, 6.07) is 8.90. The largest absolute Gasteiger partial charge is 0.379 e. The van der Waals surface area contributed by atoms with Gasteiger partial charge in [0.1, 0.15) is 0 Å². The van der Waals surface area contributed by atoms with Crippen molar-refractivity contribution in [3.05, 3.63) is 34.9 Å². The van der Waals surface area contributed by atoms with Gasteiger partial charge in [-0.1, -0.05) is 29.8 Å². The topological polar surface area (TPSA) is 21.3 Å². The van der Waals surface area contributed by atoms with E-state index in [0.717, 1.165) is 30.6 Å². The van der Waals surface area contributed by atoms with E-state index >= 15 is 0 Å². The first-order valence-electron chi connectivity index (χ1n) is 7.26. The van der Waals surface area contributed by atoms with E-state index in [1.807, 2.05) is 12.1 Å². The summed E-state index contributed by atoms with van der Waals surface area (Å²) in [6.07, 6.45) is 3.94. The van der Waals surface area contributed by atoms with Gasteiger partial charge < -0.3 is 10.1 Å². The molecule has 0 radical (unpaired) electrons. The van der Waals surface area contributed by atoms with Gasteiger partial charge in [0.25, 0.3) is 0 Å². The van der Waals surface area contributed by atoms with Crippen LogP contribution in [0.2, 0.25) is 5.02 Å². The molecule has 1 fully saturated rings. The predicted molar refractivity (Wildman–Crippen MR) is 80.9 cm³/mol. The molecule has 0 saturated heterocycles. The van der Waals surface area contributed by atoms with Gasteiger partial charge in [-0.2, -0.15) is 0 Å². The molecule has 0 heterocycles. The lowest BCUT2D eigenvalue weighted by Gasteiger charge is -2.20. The third-order valence-electron chi connectivity index (χ3n) is 3.49. The van der Waals surface area contributed by atoms with Crippen LogP contribution in [0.15, 0.2) is 24.3 Å². The summed E-state index contributed by atoms with van der Waals surface area (Å²) in [7, 11) is 0. The highest BCUT2D eigenvalue weighted by Crippen LogP contribution is 2.28. The third kappa shape index (κ3) is 5.13. The minimum atomic E-state index is 0.295. The fourth-order valence-corrected chi connectivity index (χ4v) is 2.51. The average molecular weight is 282 g/mol. The highest BCUT2D eigenvalue weighted by atomic mass is 35.5. The molecule has 106 valence electrons. The van der Waals surface area contributed by atoms with Crippen molar-refractivity contribution < 1.29 is 4.74 Å². The summed E-state index contributed by atoms with van der Waals surface area (Å²) >= 11 is 6.32. The molecule has 0 aliphatic heterocycles. The molecule has 1 aliphatic rings. The van der Waals surface area contributed by atoms with Crippen molar-refractivity contribution in [1.29, 1.82) is 0 Å². The average Bonchev–Trinajstić information content (AvgIpc) is 3.18. The fourth-order valence-electron chi connectivity index (χ4n) is 2.22. The summed E-state index contributed by atoms with van der Waals surface area (Å²) in [5.74, 6) is 0.438. The van der Waals surface area contributed by atoms with Gasteiger partial charge in [-0.3, -0.25) is 0 Å². The summed E-state index contributed by atoms with van der Waals surface area (Å²) in [4.78, 5) is 0. The minimum absolute atomic E-state index is 0.295. The zero-order valence-corrected chi connectivity index (χ0v) is 12.6. The van der Waals surface area contributed by atoms with E-state index in [-0.39, 0.29) is 0 Å². The van der Waals surface area contributed by atoms with Gasteiger partial charge in [-0.05, 0) is 44.7 Å². The number of hydrogen-bond acceptors (Lipinski definition) is 2. The quantitative estimate of drug-likeness (QED) is 0.778. The van der Waals surface area contributed by atoms with Gasteiger partial charge in [0.15, 0.2) is 0 Å². The molecule has 1 saturated carbocycles. The van der Waals surface area contributed by atoms with Crippen molar-refractivity contribution in [2.45, 2.75) is 51.2 Å². The first kappa shape index (κ1) is 14.8. The van der Waals surface area contributed by atoms with E-state index in [1.165, 1.54) is 18.4 Å². The molecule has 1 aliphatic carbocycles. The van der Waals surface area contributed by atoms with Crippen LogP contribution in [0, 0.1) is 0 Å². The summed E-state index contributed by atoms with van der Waals surface area (Å²) < 4.78 is 5.69. The molecule has 1 unspecified atom stereocenters. The van der Waals surface area contributed by atoms with Gasteiger partial charge in [-0.25, -0.2) is 0 Å². The molecule has 3 heteroatoms. The Morgan fingerprint density at radius 1 is 1.32 bits per heavy atom. The second kappa shape index (κ2) is 7.28. The second-order valence-electron chi connectivity index (χ2n) is 5.61. The third-order valence-corrected chi connectivity index (χ3v) is 3.84. The lowest BCUT2D eigenvalue weighted by atomic mass is 9.96. The molecule has 2 nitrogen and oxygen atoms in total. The number of hydrogen-bond donors (Lipinski definition) is 1. The Labute approximate surface area is 121 Å². The number of rotatable bonds is 8. The van der Waals surface area contributed by atoms with Crippen molar-refractivity contribution in [2.24, 2.45) is 0 Å². The Morgan fingerprint density at radius 3 is 2.68 bits per heavy atom.